The summed E-state index contributed by atoms with van der Waals surface area (Å²) in [6.45, 7) is 6.97. The lowest BCUT2D eigenvalue weighted by Gasteiger charge is -2.36. The van der Waals surface area contributed by atoms with Gasteiger partial charge >= 0.3 is 0 Å². The maximum atomic E-state index is 5.65. The number of nitrogens with zero attached hydrogens (tertiary/aromatic N) is 2. The lowest BCUT2D eigenvalue weighted by atomic mass is 10.2. The van der Waals surface area contributed by atoms with Crippen LogP contribution in [0.15, 0.2) is 28.2 Å². The van der Waals surface area contributed by atoms with E-state index in [0.717, 1.165) is 36.2 Å². The monoisotopic (exact) mass is 278 g/mol. The summed E-state index contributed by atoms with van der Waals surface area (Å²) >= 11 is 1.64. The second-order valence-electron chi connectivity index (χ2n) is 5.04. The molecule has 19 heavy (non-hydrogen) atoms. The summed E-state index contributed by atoms with van der Waals surface area (Å²) in [7, 11) is 0. The van der Waals surface area contributed by atoms with E-state index >= 15 is 0 Å². The van der Waals surface area contributed by atoms with Gasteiger partial charge in [0.2, 0.25) is 0 Å². The molecule has 1 aliphatic rings. The first-order valence-corrected chi connectivity index (χ1v) is 7.44. The van der Waals surface area contributed by atoms with Gasteiger partial charge in [0, 0.05) is 24.5 Å². The van der Waals surface area contributed by atoms with Gasteiger partial charge in [0.1, 0.15) is 0 Å². The molecule has 1 saturated heterocycles. The molecular formula is C14H18N2O2S. The minimum atomic E-state index is 0.305. The molecule has 4 nitrogen and oxygen atoms in total. The zero-order valence-electron chi connectivity index (χ0n) is 11.2. The Labute approximate surface area is 117 Å². The van der Waals surface area contributed by atoms with E-state index in [9.17, 15) is 0 Å². The van der Waals surface area contributed by atoms with Crippen molar-refractivity contribution in [3.63, 3.8) is 0 Å². The SMILES string of the molecule is CC1CN(Cc2csc(-c3ccco3)n2)C(C)CO1. The van der Waals surface area contributed by atoms with E-state index in [4.69, 9.17) is 9.15 Å². The highest BCUT2D eigenvalue weighted by molar-refractivity contribution is 7.13. The van der Waals surface area contributed by atoms with Crippen LogP contribution < -0.4 is 0 Å². The summed E-state index contributed by atoms with van der Waals surface area (Å²) in [4.78, 5) is 7.07. The quantitative estimate of drug-likeness (QED) is 0.865. The van der Waals surface area contributed by atoms with Gasteiger partial charge < -0.3 is 9.15 Å². The summed E-state index contributed by atoms with van der Waals surface area (Å²) in [5.74, 6) is 0.847. The first kappa shape index (κ1) is 12.8. The van der Waals surface area contributed by atoms with Crippen molar-refractivity contribution in [3.05, 3.63) is 29.5 Å². The summed E-state index contributed by atoms with van der Waals surface area (Å²) in [6.07, 6.45) is 1.99. The second-order valence-corrected chi connectivity index (χ2v) is 5.90. The van der Waals surface area contributed by atoms with E-state index in [1.54, 1.807) is 17.6 Å². The van der Waals surface area contributed by atoms with Crippen LogP contribution in [0.5, 0.6) is 0 Å². The number of thiazole rings is 1. The Hall–Kier alpha value is -1.17. The van der Waals surface area contributed by atoms with Crippen LogP contribution in [-0.4, -0.2) is 35.2 Å². The molecule has 0 bridgehead atoms. The smallest absolute Gasteiger partial charge is 0.162 e. The lowest BCUT2D eigenvalue weighted by molar-refractivity contribution is -0.0530. The highest BCUT2D eigenvalue weighted by Gasteiger charge is 2.24. The van der Waals surface area contributed by atoms with Gasteiger partial charge in [0.15, 0.2) is 10.8 Å². The van der Waals surface area contributed by atoms with Crippen molar-refractivity contribution in [1.82, 2.24) is 9.88 Å². The van der Waals surface area contributed by atoms with Crippen molar-refractivity contribution in [1.29, 1.82) is 0 Å². The Morgan fingerprint density at radius 3 is 3.16 bits per heavy atom. The minimum absolute atomic E-state index is 0.305. The number of aromatic nitrogens is 1. The molecule has 2 aromatic heterocycles. The molecule has 3 rings (SSSR count). The van der Waals surface area contributed by atoms with E-state index in [1.165, 1.54) is 0 Å². The fourth-order valence-corrected chi connectivity index (χ4v) is 3.07. The van der Waals surface area contributed by atoms with Crippen LogP contribution >= 0.6 is 11.3 Å². The van der Waals surface area contributed by atoms with E-state index < -0.39 is 0 Å². The van der Waals surface area contributed by atoms with Crippen LogP contribution in [0, 0.1) is 0 Å². The topological polar surface area (TPSA) is 38.5 Å². The highest BCUT2D eigenvalue weighted by atomic mass is 32.1. The van der Waals surface area contributed by atoms with Gasteiger partial charge in [-0.1, -0.05) is 0 Å². The summed E-state index contributed by atoms with van der Waals surface area (Å²) in [5.41, 5.74) is 1.11. The maximum absolute atomic E-state index is 5.65. The van der Waals surface area contributed by atoms with Crippen LogP contribution in [0.25, 0.3) is 10.8 Å². The molecule has 0 radical (unpaired) electrons. The van der Waals surface area contributed by atoms with Crippen LogP contribution in [0.3, 0.4) is 0 Å². The standard InChI is InChI=1S/C14H18N2O2S/c1-10-8-18-11(2)6-16(10)7-12-9-19-14(15-12)13-4-3-5-17-13/h3-5,9-11H,6-8H2,1-2H3. The third-order valence-corrected chi connectivity index (χ3v) is 4.29. The third kappa shape index (κ3) is 2.88. The number of hydrogen-bond donors (Lipinski definition) is 0. The molecule has 0 amide bonds. The van der Waals surface area contributed by atoms with Gasteiger partial charge in [-0.2, -0.15) is 0 Å². The normalized spacial score (nSPS) is 24.7. The van der Waals surface area contributed by atoms with Crippen molar-refractivity contribution in [2.75, 3.05) is 13.2 Å². The zero-order chi connectivity index (χ0) is 13.2. The largest absolute Gasteiger partial charge is 0.462 e. The first-order chi connectivity index (χ1) is 9.22. The Morgan fingerprint density at radius 2 is 2.37 bits per heavy atom. The molecule has 1 fully saturated rings. The molecule has 0 aliphatic carbocycles. The zero-order valence-corrected chi connectivity index (χ0v) is 12.0. The summed E-state index contributed by atoms with van der Waals surface area (Å²) < 4.78 is 11.0. The number of rotatable bonds is 3. The lowest BCUT2D eigenvalue weighted by Crippen LogP contribution is -2.46. The van der Waals surface area contributed by atoms with Gasteiger partial charge in [-0.05, 0) is 26.0 Å². The van der Waals surface area contributed by atoms with Crippen LogP contribution in [0.1, 0.15) is 19.5 Å². The maximum Gasteiger partial charge on any atom is 0.162 e. The molecular weight excluding hydrogens is 260 g/mol. The van der Waals surface area contributed by atoms with E-state index in [0.29, 0.717) is 12.1 Å². The molecule has 5 heteroatoms. The molecule has 0 saturated carbocycles. The molecule has 0 N–H and O–H groups in total. The average Bonchev–Trinajstić information content (AvgIpc) is 3.04. The molecule has 0 spiro atoms. The van der Waals surface area contributed by atoms with Crippen molar-refractivity contribution in [2.45, 2.75) is 32.5 Å². The van der Waals surface area contributed by atoms with Gasteiger partial charge in [-0.3, -0.25) is 4.90 Å². The minimum Gasteiger partial charge on any atom is -0.462 e. The van der Waals surface area contributed by atoms with Crippen molar-refractivity contribution < 1.29 is 9.15 Å². The fraction of sp³-hybridized carbons (Fsp3) is 0.500. The van der Waals surface area contributed by atoms with Gasteiger partial charge in [0.25, 0.3) is 0 Å². The van der Waals surface area contributed by atoms with Crippen LogP contribution in [0.2, 0.25) is 0 Å². The van der Waals surface area contributed by atoms with Gasteiger partial charge in [-0.15, -0.1) is 11.3 Å². The van der Waals surface area contributed by atoms with Crippen LogP contribution in [-0.2, 0) is 11.3 Å². The number of hydrogen-bond acceptors (Lipinski definition) is 5. The van der Waals surface area contributed by atoms with Gasteiger partial charge in [-0.25, -0.2) is 4.98 Å². The van der Waals surface area contributed by atoms with Gasteiger partial charge in [0.05, 0.1) is 24.7 Å². The van der Waals surface area contributed by atoms with E-state index in [-0.39, 0.29) is 0 Å². The molecule has 2 unspecified atom stereocenters. The predicted octanol–water partition coefficient (Wildman–Crippen LogP) is 3.01. The fourth-order valence-electron chi connectivity index (χ4n) is 2.29. The molecule has 0 aromatic carbocycles. The Balaban J connectivity index is 1.70. The molecule has 102 valence electrons. The highest BCUT2D eigenvalue weighted by Crippen LogP contribution is 2.25. The predicted molar refractivity (Wildman–Crippen MR) is 75.1 cm³/mol. The number of furan rings is 1. The number of ether oxygens (including phenoxy) is 1. The van der Waals surface area contributed by atoms with Crippen LogP contribution in [0.4, 0.5) is 0 Å². The van der Waals surface area contributed by atoms with Crippen molar-refractivity contribution in [3.8, 4) is 10.8 Å². The summed E-state index contributed by atoms with van der Waals surface area (Å²) in [6, 6.07) is 4.29. The third-order valence-electron chi connectivity index (χ3n) is 3.39. The molecule has 3 heterocycles. The Kier molecular flexibility index (Phi) is 3.68. The second kappa shape index (κ2) is 5.45. The molecule has 2 aromatic rings. The van der Waals surface area contributed by atoms with Crippen molar-refractivity contribution in [2.24, 2.45) is 0 Å². The molecule has 1 aliphatic heterocycles. The van der Waals surface area contributed by atoms with Crippen molar-refractivity contribution >= 4 is 11.3 Å². The average molecular weight is 278 g/mol. The Bertz CT molecular complexity index is 523. The number of morpholine rings is 1. The van der Waals surface area contributed by atoms with E-state index in [2.05, 4.69) is 29.1 Å². The first-order valence-electron chi connectivity index (χ1n) is 6.56. The molecule has 2 atom stereocenters. The van der Waals surface area contributed by atoms with E-state index in [1.807, 2.05) is 12.1 Å². The summed E-state index contributed by atoms with van der Waals surface area (Å²) in [5, 5.41) is 3.07. The Morgan fingerprint density at radius 1 is 1.47 bits per heavy atom.